The number of rotatable bonds is 7. The Bertz CT molecular complexity index is 1170. The first-order valence-electron chi connectivity index (χ1n) is 10.1. The molecule has 0 radical (unpaired) electrons. The summed E-state index contributed by atoms with van der Waals surface area (Å²) < 4.78 is 38.0. The third-order valence-corrected chi connectivity index (χ3v) is 6.99. The fourth-order valence-electron chi connectivity index (χ4n) is 3.48. The zero-order valence-electron chi connectivity index (χ0n) is 17.0. The van der Waals surface area contributed by atoms with Crippen molar-refractivity contribution in [3.63, 3.8) is 0 Å². The fourth-order valence-corrected chi connectivity index (χ4v) is 4.94. The average molecular weight is 441 g/mol. The van der Waals surface area contributed by atoms with Crippen LogP contribution in [0.4, 0.5) is 0 Å². The van der Waals surface area contributed by atoms with Gasteiger partial charge in [0.15, 0.2) is 0 Å². The van der Waals surface area contributed by atoms with Crippen molar-refractivity contribution in [1.82, 2.24) is 9.62 Å². The van der Waals surface area contributed by atoms with E-state index in [0.29, 0.717) is 45.0 Å². The third kappa shape index (κ3) is 4.87. The van der Waals surface area contributed by atoms with E-state index in [1.165, 1.54) is 16.4 Å². The predicted octanol–water partition coefficient (Wildman–Crippen LogP) is 2.67. The van der Waals surface area contributed by atoms with Crippen LogP contribution in [0.1, 0.15) is 10.4 Å². The van der Waals surface area contributed by atoms with Gasteiger partial charge < -0.3 is 14.8 Å². The van der Waals surface area contributed by atoms with Crippen LogP contribution < -0.4 is 10.1 Å². The highest BCUT2D eigenvalue weighted by atomic mass is 32.2. The van der Waals surface area contributed by atoms with Gasteiger partial charge in [0, 0.05) is 24.0 Å². The maximum Gasteiger partial charge on any atom is 0.251 e. The van der Waals surface area contributed by atoms with Crippen molar-refractivity contribution < 1.29 is 22.7 Å². The lowest BCUT2D eigenvalue weighted by Crippen LogP contribution is -2.40. The SMILES string of the molecule is O=C(NCCOc1cccc2ccccc12)c1cccc(S(=O)(=O)N2CCOCC2)c1. The number of benzene rings is 3. The molecule has 3 aromatic rings. The molecule has 1 amide bonds. The fraction of sp³-hybridized carbons (Fsp3) is 0.261. The number of nitrogens with one attached hydrogen (secondary N) is 1. The van der Waals surface area contributed by atoms with Gasteiger partial charge in [-0.25, -0.2) is 8.42 Å². The Morgan fingerprint density at radius 3 is 2.58 bits per heavy atom. The highest BCUT2D eigenvalue weighted by Crippen LogP contribution is 2.25. The first kappa shape index (κ1) is 21.3. The minimum absolute atomic E-state index is 0.106. The summed E-state index contributed by atoms with van der Waals surface area (Å²) in [6.45, 7) is 1.95. The Labute approximate surface area is 181 Å². The third-order valence-electron chi connectivity index (χ3n) is 5.10. The lowest BCUT2D eigenvalue weighted by molar-refractivity contribution is 0.0730. The van der Waals surface area contributed by atoms with Gasteiger partial charge in [0.05, 0.1) is 24.7 Å². The van der Waals surface area contributed by atoms with Gasteiger partial charge in [0.2, 0.25) is 10.0 Å². The van der Waals surface area contributed by atoms with Gasteiger partial charge in [-0.2, -0.15) is 4.31 Å². The molecule has 1 fully saturated rings. The van der Waals surface area contributed by atoms with Gasteiger partial charge in [0.1, 0.15) is 12.4 Å². The van der Waals surface area contributed by atoms with E-state index in [1.807, 2.05) is 42.5 Å². The zero-order valence-corrected chi connectivity index (χ0v) is 17.8. The summed E-state index contributed by atoms with van der Waals surface area (Å²) >= 11 is 0. The maximum atomic E-state index is 12.8. The van der Waals surface area contributed by atoms with Crippen molar-refractivity contribution in [2.75, 3.05) is 39.5 Å². The molecule has 162 valence electrons. The van der Waals surface area contributed by atoms with Crippen LogP contribution >= 0.6 is 0 Å². The number of nitrogens with zero attached hydrogens (tertiary/aromatic N) is 1. The monoisotopic (exact) mass is 440 g/mol. The number of carbonyl (C=O) groups is 1. The van der Waals surface area contributed by atoms with Crippen LogP contribution in [0, 0.1) is 0 Å². The molecule has 1 heterocycles. The van der Waals surface area contributed by atoms with Crippen LogP contribution in [0.15, 0.2) is 71.6 Å². The van der Waals surface area contributed by atoms with Crippen molar-refractivity contribution in [2.24, 2.45) is 0 Å². The van der Waals surface area contributed by atoms with Gasteiger partial charge in [-0.3, -0.25) is 4.79 Å². The average Bonchev–Trinajstić information content (AvgIpc) is 2.82. The molecule has 1 saturated heterocycles. The molecular weight excluding hydrogens is 416 g/mol. The van der Waals surface area contributed by atoms with Crippen LogP contribution in [0.2, 0.25) is 0 Å². The molecule has 3 aromatic carbocycles. The summed E-state index contributed by atoms with van der Waals surface area (Å²) in [5, 5.41) is 4.88. The van der Waals surface area contributed by atoms with E-state index in [1.54, 1.807) is 12.1 Å². The Morgan fingerprint density at radius 2 is 1.74 bits per heavy atom. The van der Waals surface area contributed by atoms with Crippen molar-refractivity contribution in [2.45, 2.75) is 4.90 Å². The van der Waals surface area contributed by atoms with Crippen molar-refractivity contribution in [3.8, 4) is 5.75 Å². The number of carbonyl (C=O) groups excluding carboxylic acids is 1. The number of sulfonamides is 1. The predicted molar refractivity (Wildman–Crippen MR) is 118 cm³/mol. The topological polar surface area (TPSA) is 84.9 Å². The van der Waals surface area contributed by atoms with Crippen molar-refractivity contribution in [3.05, 3.63) is 72.3 Å². The number of hydrogen-bond donors (Lipinski definition) is 1. The van der Waals surface area contributed by atoms with E-state index in [2.05, 4.69) is 5.32 Å². The molecule has 7 nitrogen and oxygen atoms in total. The van der Waals surface area contributed by atoms with Crippen molar-refractivity contribution >= 4 is 26.7 Å². The summed E-state index contributed by atoms with van der Waals surface area (Å²) in [7, 11) is -3.65. The lowest BCUT2D eigenvalue weighted by atomic mass is 10.1. The first-order chi connectivity index (χ1) is 15.1. The van der Waals surface area contributed by atoms with Crippen LogP contribution in [0.3, 0.4) is 0 Å². The van der Waals surface area contributed by atoms with Gasteiger partial charge >= 0.3 is 0 Å². The second-order valence-corrected chi connectivity index (χ2v) is 9.06. The Morgan fingerprint density at radius 1 is 1.00 bits per heavy atom. The molecule has 0 bridgehead atoms. The van der Waals surface area contributed by atoms with Gasteiger partial charge in [-0.15, -0.1) is 0 Å². The quantitative estimate of drug-likeness (QED) is 0.571. The van der Waals surface area contributed by atoms with Crippen LogP contribution in [-0.4, -0.2) is 58.1 Å². The normalized spacial score (nSPS) is 15.0. The molecule has 31 heavy (non-hydrogen) atoms. The van der Waals surface area contributed by atoms with Gasteiger partial charge in [-0.1, -0.05) is 42.5 Å². The minimum Gasteiger partial charge on any atom is -0.491 e. The largest absolute Gasteiger partial charge is 0.491 e. The van der Waals surface area contributed by atoms with E-state index in [-0.39, 0.29) is 10.8 Å². The number of hydrogen-bond acceptors (Lipinski definition) is 5. The minimum atomic E-state index is -3.65. The standard InChI is InChI=1S/C23H24N2O5S/c26-23(24-11-14-30-22-10-4-6-18-5-1-2-9-21(18)22)19-7-3-8-20(17-19)31(27,28)25-12-15-29-16-13-25/h1-10,17H,11-16H2,(H,24,26). The molecule has 1 N–H and O–H groups in total. The van der Waals surface area contributed by atoms with E-state index >= 15 is 0 Å². The van der Waals surface area contributed by atoms with E-state index in [9.17, 15) is 13.2 Å². The molecule has 0 unspecified atom stereocenters. The first-order valence-corrected chi connectivity index (χ1v) is 11.6. The molecular formula is C23H24N2O5S. The number of fused-ring (bicyclic) bond motifs is 1. The number of morpholine rings is 1. The van der Waals surface area contributed by atoms with Gasteiger partial charge in [0.25, 0.3) is 5.91 Å². The van der Waals surface area contributed by atoms with E-state index in [0.717, 1.165) is 16.5 Å². The van der Waals surface area contributed by atoms with Crippen molar-refractivity contribution in [1.29, 1.82) is 0 Å². The Kier molecular flexibility index (Phi) is 6.50. The van der Waals surface area contributed by atoms with E-state index in [4.69, 9.17) is 9.47 Å². The summed E-state index contributed by atoms with van der Waals surface area (Å²) in [4.78, 5) is 12.6. The zero-order chi connectivity index (χ0) is 21.7. The lowest BCUT2D eigenvalue weighted by Gasteiger charge is -2.26. The van der Waals surface area contributed by atoms with Crippen LogP contribution in [-0.2, 0) is 14.8 Å². The summed E-state index contributed by atoms with van der Waals surface area (Å²) in [5.74, 6) is 0.409. The van der Waals surface area contributed by atoms with Gasteiger partial charge in [-0.05, 0) is 29.7 Å². The van der Waals surface area contributed by atoms with Crippen LogP contribution in [0.5, 0.6) is 5.75 Å². The highest BCUT2D eigenvalue weighted by Gasteiger charge is 2.26. The molecule has 0 atom stereocenters. The molecule has 4 rings (SSSR count). The molecule has 0 aliphatic carbocycles. The second-order valence-electron chi connectivity index (χ2n) is 7.13. The molecule has 0 aromatic heterocycles. The molecule has 8 heteroatoms. The molecule has 0 spiro atoms. The van der Waals surface area contributed by atoms with E-state index < -0.39 is 10.0 Å². The molecule has 0 saturated carbocycles. The number of ether oxygens (including phenoxy) is 2. The molecule has 1 aliphatic rings. The Hall–Kier alpha value is -2.94. The molecule has 1 aliphatic heterocycles. The summed E-state index contributed by atoms with van der Waals surface area (Å²) in [5.41, 5.74) is 0.291. The smallest absolute Gasteiger partial charge is 0.251 e. The summed E-state index contributed by atoms with van der Waals surface area (Å²) in [6.07, 6.45) is 0. The summed E-state index contributed by atoms with van der Waals surface area (Å²) in [6, 6.07) is 19.9. The Balaban J connectivity index is 1.36. The highest BCUT2D eigenvalue weighted by molar-refractivity contribution is 7.89. The number of amides is 1. The maximum absolute atomic E-state index is 12.8. The van der Waals surface area contributed by atoms with Crippen LogP contribution in [0.25, 0.3) is 10.8 Å². The second kappa shape index (κ2) is 9.47.